The van der Waals surface area contributed by atoms with Crippen LogP contribution in [0.2, 0.25) is 0 Å². The van der Waals surface area contributed by atoms with Gasteiger partial charge in [0.2, 0.25) is 10.0 Å². The first-order chi connectivity index (χ1) is 9.86. The van der Waals surface area contributed by atoms with Gasteiger partial charge in [0.05, 0.1) is 17.1 Å². The minimum absolute atomic E-state index is 0.0400. The predicted octanol–water partition coefficient (Wildman–Crippen LogP) is -0.503. The molecule has 1 aromatic carbocycles. The number of carboxylic acid groups (broad SMARTS) is 1. The Morgan fingerprint density at radius 3 is 2.62 bits per heavy atom. The first kappa shape index (κ1) is 15.2. The number of aliphatic hydroxyl groups excluding tert-OH is 1. The summed E-state index contributed by atoms with van der Waals surface area (Å²) in [5.74, 6) is -1.23. The van der Waals surface area contributed by atoms with E-state index in [0.717, 1.165) is 12.3 Å². The number of carboxylic acids is 1. The highest BCUT2D eigenvalue weighted by Gasteiger charge is 2.17. The van der Waals surface area contributed by atoms with Gasteiger partial charge in [0.15, 0.2) is 0 Å². The van der Waals surface area contributed by atoms with E-state index in [1.807, 2.05) is 0 Å². The Balaban J connectivity index is 2.65. The molecule has 0 amide bonds. The molecule has 1 heterocycles. The monoisotopic (exact) mass is 312 g/mol. The van der Waals surface area contributed by atoms with Crippen LogP contribution in [-0.2, 0) is 10.0 Å². The first-order valence-electron chi connectivity index (χ1n) is 5.86. The van der Waals surface area contributed by atoms with Crippen LogP contribution < -0.4 is 10.3 Å². The van der Waals surface area contributed by atoms with Crippen LogP contribution >= 0.6 is 0 Å². The topological polar surface area (TPSA) is 137 Å². The van der Waals surface area contributed by atoms with Crippen LogP contribution in [0.25, 0.3) is 10.8 Å². The number of fused-ring (bicyclic) bond motifs is 1. The van der Waals surface area contributed by atoms with E-state index in [1.54, 1.807) is 0 Å². The zero-order valence-corrected chi connectivity index (χ0v) is 11.5. The SMILES string of the molecule is O=C(O)c1c[nH]c(=O)c2cc(S(=O)(=O)NCCO)ccc12. The Labute approximate surface area is 119 Å². The maximum Gasteiger partial charge on any atom is 0.337 e. The molecule has 0 aliphatic heterocycles. The normalized spacial score (nSPS) is 11.7. The number of sulfonamides is 1. The van der Waals surface area contributed by atoms with Crippen LogP contribution in [0.1, 0.15) is 10.4 Å². The van der Waals surface area contributed by atoms with Crippen LogP contribution in [-0.4, -0.2) is 42.7 Å². The average Bonchev–Trinajstić information content (AvgIpc) is 2.45. The number of aromatic nitrogens is 1. The fourth-order valence-corrected chi connectivity index (χ4v) is 2.89. The minimum Gasteiger partial charge on any atom is -0.478 e. The van der Waals surface area contributed by atoms with Gasteiger partial charge < -0.3 is 15.2 Å². The molecular weight excluding hydrogens is 300 g/mol. The largest absolute Gasteiger partial charge is 0.478 e. The summed E-state index contributed by atoms with van der Waals surface area (Å²) in [5, 5.41) is 17.8. The summed E-state index contributed by atoms with van der Waals surface area (Å²) < 4.78 is 26.0. The van der Waals surface area contributed by atoms with Gasteiger partial charge in [-0.25, -0.2) is 17.9 Å². The van der Waals surface area contributed by atoms with Crippen molar-refractivity contribution in [2.75, 3.05) is 13.2 Å². The van der Waals surface area contributed by atoms with Crippen molar-refractivity contribution >= 4 is 26.8 Å². The quantitative estimate of drug-likeness (QED) is 0.587. The lowest BCUT2D eigenvalue weighted by atomic mass is 10.1. The molecule has 112 valence electrons. The number of H-pyrrole nitrogens is 1. The third-order valence-electron chi connectivity index (χ3n) is 2.82. The number of hydrogen-bond acceptors (Lipinski definition) is 5. The number of rotatable bonds is 5. The number of pyridine rings is 1. The fraction of sp³-hybridized carbons (Fsp3) is 0.167. The Bertz CT molecular complexity index is 856. The molecule has 8 nitrogen and oxygen atoms in total. The maximum absolute atomic E-state index is 11.9. The van der Waals surface area contributed by atoms with Crippen molar-refractivity contribution in [3.8, 4) is 0 Å². The van der Waals surface area contributed by atoms with E-state index in [9.17, 15) is 18.0 Å². The molecule has 0 unspecified atom stereocenters. The molecule has 0 saturated heterocycles. The van der Waals surface area contributed by atoms with Gasteiger partial charge in [-0.2, -0.15) is 0 Å². The lowest BCUT2D eigenvalue weighted by molar-refractivity contribution is 0.0698. The summed E-state index contributed by atoms with van der Waals surface area (Å²) in [5.41, 5.74) is -0.717. The van der Waals surface area contributed by atoms with E-state index < -0.39 is 21.6 Å². The second-order valence-corrected chi connectivity index (χ2v) is 5.93. The van der Waals surface area contributed by atoms with E-state index in [1.165, 1.54) is 12.1 Å². The van der Waals surface area contributed by atoms with E-state index in [0.29, 0.717) is 0 Å². The fourth-order valence-electron chi connectivity index (χ4n) is 1.85. The molecule has 2 aromatic rings. The molecule has 0 fully saturated rings. The minimum atomic E-state index is -3.87. The first-order valence-corrected chi connectivity index (χ1v) is 7.34. The third-order valence-corrected chi connectivity index (χ3v) is 4.28. The summed E-state index contributed by atoms with van der Waals surface area (Å²) in [6.45, 7) is -0.525. The molecular formula is C12H12N2O6S. The molecule has 0 atom stereocenters. The summed E-state index contributed by atoms with van der Waals surface area (Å²) >= 11 is 0. The standard InChI is InChI=1S/C12H12N2O6S/c15-4-3-14-21(19,20)7-1-2-8-9(5-7)11(16)13-6-10(8)12(17)18/h1-2,5-6,14-15H,3-4H2,(H,13,16)(H,17,18). The van der Waals surface area contributed by atoms with E-state index in [2.05, 4.69) is 9.71 Å². The molecule has 9 heteroatoms. The van der Waals surface area contributed by atoms with E-state index >= 15 is 0 Å². The summed E-state index contributed by atoms with van der Waals surface area (Å²) in [6.07, 6.45) is 1.06. The molecule has 0 saturated carbocycles. The van der Waals surface area contributed by atoms with Crippen molar-refractivity contribution in [1.82, 2.24) is 9.71 Å². The van der Waals surface area contributed by atoms with E-state index in [4.69, 9.17) is 10.2 Å². The van der Waals surface area contributed by atoms with Crippen molar-refractivity contribution in [3.05, 3.63) is 40.3 Å². The molecule has 2 rings (SSSR count). The number of aromatic amines is 1. The van der Waals surface area contributed by atoms with Crippen LogP contribution in [0.5, 0.6) is 0 Å². The second kappa shape index (κ2) is 5.64. The van der Waals surface area contributed by atoms with Gasteiger partial charge in [-0.3, -0.25) is 4.79 Å². The average molecular weight is 312 g/mol. The van der Waals surface area contributed by atoms with Crippen molar-refractivity contribution in [2.45, 2.75) is 4.90 Å². The third kappa shape index (κ3) is 2.94. The molecule has 0 bridgehead atoms. The van der Waals surface area contributed by atoms with Crippen molar-refractivity contribution in [3.63, 3.8) is 0 Å². The Morgan fingerprint density at radius 1 is 1.29 bits per heavy atom. The maximum atomic E-state index is 11.9. The van der Waals surface area contributed by atoms with Gasteiger partial charge in [-0.05, 0) is 12.1 Å². The highest BCUT2D eigenvalue weighted by Crippen LogP contribution is 2.19. The zero-order valence-electron chi connectivity index (χ0n) is 10.7. The molecule has 21 heavy (non-hydrogen) atoms. The number of carbonyl (C=O) groups is 1. The molecule has 0 aliphatic rings. The number of hydrogen-bond donors (Lipinski definition) is 4. The smallest absolute Gasteiger partial charge is 0.337 e. The highest BCUT2D eigenvalue weighted by atomic mass is 32.2. The van der Waals surface area contributed by atoms with Gasteiger partial charge in [-0.1, -0.05) is 6.07 Å². The Hall–Kier alpha value is -2.23. The molecule has 1 aromatic heterocycles. The lowest BCUT2D eigenvalue weighted by Gasteiger charge is -2.07. The van der Waals surface area contributed by atoms with Gasteiger partial charge in [-0.15, -0.1) is 0 Å². The molecule has 0 radical (unpaired) electrons. The molecule has 0 spiro atoms. The van der Waals surface area contributed by atoms with Crippen LogP contribution in [0.4, 0.5) is 0 Å². The number of aromatic carboxylic acids is 1. The van der Waals surface area contributed by atoms with Gasteiger partial charge in [0, 0.05) is 23.5 Å². The summed E-state index contributed by atoms with van der Waals surface area (Å²) in [4.78, 5) is 24.9. The van der Waals surface area contributed by atoms with Crippen LogP contribution in [0.3, 0.4) is 0 Å². The summed E-state index contributed by atoms with van der Waals surface area (Å²) in [6, 6.07) is 3.57. The summed E-state index contributed by atoms with van der Waals surface area (Å²) in [7, 11) is -3.87. The van der Waals surface area contributed by atoms with Crippen LogP contribution in [0.15, 0.2) is 34.1 Å². The number of benzene rings is 1. The predicted molar refractivity (Wildman–Crippen MR) is 73.8 cm³/mol. The van der Waals surface area contributed by atoms with Gasteiger partial charge in [0.1, 0.15) is 0 Å². The van der Waals surface area contributed by atoms with Crippen LogP contribution in [0, 0.1) is 0 Å². The number of aliphatic hydroxyl groups is 1. The molecule has 0 aliphatic carbocycles. The lowest BCUT2D eigenvalue weighted by Crippen LogP contribution is -2.26. The molecule has 4 N–H and O–H groups in total. The van der Waals surface area contributed by atoms with Gasteiger partial charge >= 0.3 is 5.97 Å². The Morgan fingerprint density at radius 2 is 2.00 bits per heavy atom. The zero-order chi connectivity index (χ0) is 15.6. The second-order valence-electron chi connectivity index (χ2n) is 4.17. The van der Waals surface area contributed by atoms with Gasteiger partial charge in [0.25, 0.3) is 5.56 Å². The highest BCUT2D eigenvalue weighted by molar-refractivity contribution is 7.89. The van der Waals surface area contributed by atoms with Crippen molar-refractivity contribution in [2.24, 2.45) is 0 Å². The van der Waals surface area contributed by atoms with Crippen molar-refractivity contribution in [1.29, 1.82) is 0 Å². The van der Waals surface area contributed by atoms with E-state index in [-0.39, 0.29) is 34.4 Å². The van der Waals surface area contributed by atoms with Crippen molar-refractivity contribution < 1.29 is 23.4 Å². The Kier molecular flexibility index (Phi) is 4.07. The number of nitrogens with one attached hydrogen (secondary N) is 2.